The van der Waals surface area contributed by atoms with Gasteiger partial charge in [-0.2, -0.15) is 0 Å². The first-order chi connectivity index (χ1) is 19.1. The van der Waals surface area contributed by atoms with E-state index in [9.17, 15) is 9.59 Å². The molecule has 8 nitrogen and oxygen atoms in total. The minimum absolute atomic E-state index is 0.190. The summed E-state index contributed by atoms with van der Waals surface area (Å²) >= 11 is 9.40. The van der Waals surface area contributed by atoms with Crippen LogP contribution in [0, 0.1) is 7.14 Å². The van der Waals surface area contributed by atoms with Gasteiger partial charge >= 0.3 is 5.97 Å². The summed E-state index contributed by atoms with van der Waals surface area (Å²) in [5.41, 5.74) is 2.03. The van der Waals surface area contributed by atoms with Gasteiger partial charge < -0.3 is 18.9 Å². The monoisotopic (exact) mass is 852 g/mol. The topological polar surface area (TPSA) is 88.4 Å². The molecule has 0 N–H and O–H groups in total. The van der Waals surface area contributed by atoms with Crippen LogP contribution in [0.3, 0.4) is 0 Å². The number of benzene rings is 2. The Morgan fingerprint density at radius 1 is 1.07 bits per heavy atom. The molecule has 1 aromatic heterocycles. The number of hydrogen-bond donors (Lipinski definition) is 0. The van der Waals surface area contributed by atoms with Crippen LogP contribution in [0.25, 0.3) is 6.08 Å². The lowest BCUT2D eigenvalue weighted by Crippen LogP contribution is -2.40. The van der Waals surface area contributed by atoms with Gasteiger partial charge in [-0.05, 0) is 114 Å². The Bertz CT molecular complexity index is 1660. The normalized spacial score (nSPS) is 15.0. The number of methoxy groups -OCH3 is 1. The third-order valence-electron chi connectivity index (χ3n) is 6.00. The zero-order valence-corrected chi connectivity index (χ0v) is 29.2. The van der Waals surface area contributed by atoms with Crippen LogP contribution in [0.4, 0.5) is 0 Å². The van der Waals surface area contributed by atoms with Crippen LogP contribution >= 0.6 is 72.4 Å². The first-order valence-corrected chi connectivity index (χ1v) is 16.2. The second-order valence-corrected chi connectivity index (χ2v) is 12.7. The number of hydrogen-bond acceptors (Lipinski definition) is 8. The zero-order valence-electron chi connectivity index (χ0n) is 22.5. The predicted molar refractivity (Wildman–Crippen MR) is 175 cm³/mol. The average Bonchev–Trinajstić information content (AvgIpc) is 3.20. The highest BCUT2D eigenvalue weighted by molar-refractivity contribution is 14.1. The Hall–Kier alpha value is -1.91. The van der Waals surface area contributed by atoms with Gasteiger partial charge in [0.1, 0.15) is 5.75 Å². The van der Waals surface area contributed by atoms with Gasteiger partial charge in [0.05, 0.1) is 55.9 Å². The summed E-state index contributed by atoms with van der Waals surface area (Å²) in [6.07, 6.45) is 1.85. The number of nitrogens with zero attached hydrogens (tertiary/aromatic N) is 2. The molecule has 1 aliphatic heterocycles. The molecule has 0 fully saturated rings. The van der Waals surface area contributed by atoms with Crippen molar-refractivity contribution in [2.45, 2.75) is 33.7 Å². The number of carbonyl (C=O) groups is 1. The summed E-state index contributed by atoms with van der Waals surface area (Å²) in [5, 5.41) is 0. The van der Waals surface area contributed by atoms with Crippen molar-refractivity contribution in [3.63, 3.8) is 0 Å². The summed E-state index contributed by atoms with van der Waals surface area (Å²) in [6.45, 7) is 8.54. The maximum Gasteiger partial charge on any atom is 0.338 e. The fourth-order valence-corrected chi connectivity index (χ4v) is 8.08. The number of aromatic nitrogens is 1. The molecule has 1 aliphatic rings. The SMILES string of the molecule is CCOC(=O)C1=C(C)N=c2s/c(=C/c3cc(I)c(OCC)c(I)c3)c(=O)n2[C@@H]1c1cc(OC)c(OCC)cc1Br. The Morgan fingerprint density at radius 3 is 2.35 bits per heavy atom. The second-order valence-electron chi connectivity index (χ2n) is 8.51. The van der Waals surface area contributed by atoms with Crippen LogP contribution in [-0.4, -0.2) is 37.5 Å². The maximum absolute atomic E-state index is 14.0. The van der Waals surface area contributed by atoms with Gasteiger partial charge in [-0.1, -0.05) is 27.3 Å². The molecule has 0 saturated heterocycles. The second kappa shape index (κ2) is 13.4. The highest BCUT2D eigenvalue weighted by Gasteiger charge is 2.35. The minimum Gasteiger partial charge on any atom is -0.493 e. The number of carbonyl (C=O) groups excluding carboxylic acids is 1. The van der Waals surface area contributed by atoms with Crippen LogP contribution in [0.15, 0.2) is 49.8 Å². The predicted octanol–water partition coefficient (Wildman–Crippen LogP) is 5.58. The molecule has 0 bridgehead atoms. The van der Waals surface area contributed by atoms with E-state index >= 15 is 0 Å². The third kappa shape index (κ3) is 6.14. The number of allylic oxidation sites excluding steroid dienone is 1. The Balaban J connectivity index is 1.97. The van der Waals surface area contributed by atoms with Gasteiger partial charge in [-0.15, -0.1) is 0 Å². The third-order valence-corrected chi connectivity index (χ3v) is 9.27. The molecule has 0 unspecified atom stereocenters. The van der Waals surface area contributed by atoms with Gasteiger partial charge in [-0.3, -0.25) is 9.36 Å². The first-order valence-electron chi connectivity index (χ1n) is 12.5. The molecule has 2 heterocycles. The van der Waals surface area contributed by atoms with Crippen molar-refractivity contribution in [3.05, 3.63) is 78.0 Å². The molecule has 4 rings (SSSR count). The van der Waals surface area contributed by atoms with E-state index in [1.807, 2.05) is 32.1 Å². The first kappa shape index (κ1) is 31.0. The summed E-state index contributed by atoms with van der Waals surface area (Å²) in [7, 11) is 1.55. The number of rotatable bonds is 9. The minimum atomic E-state index is -0.794. The van der Waals surface area contributed by atoms with Gasteiger partial charge in [0.2, 0.25) is 0 Å². The molecule has 1 atom stereocenters. The lowest BCUT2D eigenvalue weighted by molar-refractivity contribution is -0.139. The van der Waals surface area contributed by atoms with E-state index < -0.39 is 12.0 Å². The van der Waals surface area contributed by atoms with Gasteiger partial charge in [-0.25, -0.2) is 9.79 Å². The van der Waals surface area contributed by atoms with Crippen molar-refractivity contribution in [2.75, 3.05) is 26.9 Å². The molecular formula is C28H27BrI2N2O6S. The summed E-state index contributed by atoms with van der Waals surface area (Å²) < 4.78 is 27.1. The van der Waals surface area contributed by atoms with E-state index in [0.717, 1.165) is 18.5 Å². The molecule has 12 heteroatoms. The van der Waals surface area contributed by atoms with E-state index in [1.165, 1.54) is 11.3 Å². The van der Waals surface area contributed by atoms with Crippen LogP contribution in [0.5, 0.6) is 17.2 Å². The van der Waals surface area contributed by atoms with Crippen LogP contribution in [0.2, 0.25) is 0 Å². The number of ether oxygens (including phenoxy) is 4. The van der Waals surface area contributed by atoms with Crippen molar-refractivity contribution in [1.29, 1.82) is 0 Å². The molecule has 0 aliphatic carbocycles. The number of halogens is 3. The van der Waals surface area contributed by atoms with Crippen molar-refractivity contribution in [2.24, 2.45) is 4.99 Å². The van der Waals surface area contributed by atoms with Crippen molar-refractivity contribution in [1.82, 2.24) is 4.57 Å². The molecule has 40 heavy (non-hydrogen) atoms. The Morgan fingerprint density at radius 2 is 1.75 bits per heavy atom. The molecule has 0 radical (unpaired) electrons. The van der Waals surface area contributed by atoms with Crippen LogP contribution in [0.1, 0.15) is 44.9 Å². The number of fused-ring (bicyclic) bond motifs is 1. The molecule has 0 spiro atoms. The summed E-state index contributed by atoms with van der Waals surface area (Å²) in [4.78, 5) is 32.4. The zero-order chi connectivity index (χ0) is 29.1. The van der Waals surface area contributed by atoms with Crippen molar-refractivity contribution in [3.8, 4) is 17.2 Å². The summed E-state index contributed by atoms with van der Waals surface area (Å²) in [6, 6.07) is 6.73. The Labute approximate surface area is 271 Å². The lowest BCUT2D eigenvalue weighted by Gasteiger charge is -2.26. The van der Waals surface area contributed by atoms with Crippen LogP contribution in [-0.2, 0) is 9.53 Å². The van der Waals surface area contributed by atoms with E-state index in [0.29, 0.717) is 49.8 Å². The summed E-state index contributed by atoms with van der Waals surface area (Å²) in [5.74, 6) is 1.33. The fraction of sp³-hybridized carbons (Fsp3) is 0.321. The smallest absolute Gasteiger partial charge is 0.338 e. The largest absolute Gasteiger partial charge is 0.493 e. The molecule has 2 aromatic carbocycles. The average molecular weight is 853 g/mol. The number of thiazole rings is 1. The molecule has 212 valence electrons. The highest BCUT2D eigenvalue weighted by atomic mass is 127. The van der Waals surface area contributed by atoms with Crippen molar-refractivity contribution >= 4 is 84.5 Å². The molecule has 3 aromatic rings. The quantitative estimate of drug-likeness (QED) is 0.207. The maximum atomic E-state index is 14.0. The van der Waals surface area contributed by atoms with E-state index in [1.54, 1.807) is 37.7 Å². The lowest BCUT2D eigenvalue weighted by atomic mass is 9.95. The van der Waals surface area contributed by atoms with Gasteiger partial charge in [0.15, 0.2) is 16.3 Å². The van der Waals surface area contributed by atoms with Gasteiger partial charge in [0, 0.05) is 4.47 Å². The Kier molecular flexibility index (Phi) is 10.4. The number of esters is 1. The molecule has 0 amide bonds. The van der Waals surface area contributed by atoms with Crippen LogP contribution < -0.4 is 29.1 Å². The molecule has 0 saturated carbocycles. The fourth-order valence-electron chi connectivity index (χ4n) is 4.37. The van der Waals surface area contributed by atoms with E-state index in [2.05, 4.69) is 66.1 Å². The van der Waals surface area contributed by atoms with Crippen molar-refractivity contribution < 1.29 is 23.7 Å². The van der Waals surface area contributed by atoms with E-state index in [-0.39, 0.29) is 17.7 Å². The standard InChI is InChI=1S/C28H27BrI2N2O6S/c1-6-37-21-13-17(29)16(12-20(21)36-5)24-23(27(35)39-8-3)14(4)32-28-33(24)26(34)22(40-28)11-15-9-18(30)25(38-7-2)19(31)10-15/h9-13,24H,6-8H2,1-5H3/b22-11+/t24-/m1/s1. The molecular weight excluding hydrogens is 826 g/mol. The highest BCUT2D eigenvalue weighted by Crippen LogP contribution is 2.41. The van der Waals surface area contributed by atoms with Gasteiger partial charge in [0.25, 0.3) is 5.56 Å². The van der Waals surface area contributed by atoms with E-state index in [4.69, 9.17) is 18.9 Å².